The molecule has 0 aliphatic carbocycles. The molecule has 0 bridgehead atoms. The Balaban J connectivity index is 3.39. The van der Waals surface area contributed by atoms with Crippen molar-refractivity contribution < 1.29 is 4.74 Å². The van der Waals surface area contributed by atoms with Crippen molar-refractivity contribution in [1.29, 1.82) is 0 Å². The molecule has 0 rings (SSSR count). The number of hydrogen-bond acceptors (Lipinski definition) is 1. The lowest BCUT2D eigenvalue weighted by atomic mass is 10.2. The van der Waals surface area contributed by atoms with E-state index in [1.165, 1.54) is 19.3 Å². The van der Waals surface area contributed by atoms with Crippen molar-refractivity contribution in [2.24, 2.45) is 0 Å². The second-order valence-electron chi connectivity index (χ2n) is 2.56. The largest absolute Gasteiger partial charge is 0.493 e. The summed E-state index contributed by atoms with van der Waals surface area (Å²) < 4.78 is 4.94. The quantitative estimate of drug-likeness (QED) is 0.334. The summed E-state index contributed by atoms with van der Waals surface area (Å²) >= 11 is 0. The van der Waals surface area contributed by atoms with Gasteiger partial charge in [-0.05, 0) is 31.6 Å². The molecule has 68 valence electrons. The van der Waals surface area contributed by atoms with E-state index in [2.05, 4.69) is 18.4 Å². The highest BCUT2D eigenvalue weighted by molar-refractivity contribution is 4.82. The first-order valence-corrected chi connectivity index (χ1v) is 4.67. The highest BCUT2D eigenvalue weighted by atomic mass is 16.5. The summed E-state index contributed by atoms with van der Waals surface area (Å²) in [6.07, 6.45) is 8.47. The molecular formula is C11H18O. The monoisotopic (exact) mass is 166 g/mol. The second kappa shape index (κ2) is 10.1. The summed E-state index contributed by atoms with van der Waals surface area (Å²) in [5.74, 6) is 0. The minimum absolute atomic E-state index is 0.699. The summed E-state index contributed by atoms with van der Waals surface area (Å²) in [4.78, 5) is 0. The van der Waals surface area contributed by atoms with Gasteiger partial charge in [0.2, 0.25) is 0 Å². The molecule has 0 aromatic heterocycles. The summed E-state index contributed by atoms with van der Waals surface area (Å²) in [5.41, 5.74) is 5.73. The van der Waals surface area contributed by atoms with E-state index in [4.69, 9.17) is 4.74 Å². The molecule has 0 aliphatic heterocycles. The van der Waals surface area contributed by atoms with E-state index in [0.29, 0.717) is 6.61 Å². The zero-order valence-electron chi connectivity index (χ0n) is 8.10. The van der Waals surface area contributed by atoms with E-state index in [1.807, 2.05) is 13.0 Å². The highest BCUT2D eigenvalue weighted by Crippen LogP contribution is 1.98. The molecule has 0 aliphatic rings. The van der Waals surface area contributed by atoms with Crippen molar-refractivity contribution in [3.63, 3.8) is 0 Å². The molecule has 0 saturated carbocycles. The van der Waals surface area contributed by atoms with Crippen molar-refractivity contribution in [2.75, 3.05) is 6.61 Å². The van der Waals surface area contributed by atoms with Crippen molar-refractivity contribution >= 4 is 0 Å². The van der Waals surface area contributed by atoms with Crippen LogP contribution in [0, 0.1) is 0 Å². The molecule has 0 saturated heterocycles. The van der Waals surface area contributed by atoms with Gasteiger partial charge in [0.25, 0.3) is 0 Å². The summed E-state index contributed by atoms with van der Waals surface area (Å²) in [6.45, 7) is 4.85. The third-order valence-corrected chi connectivity index (χ3v) is 1.45. The van der Waals surface area contributed by atoms with Gasteiger partial charge in [-0.15, -0.1) is 0 Å². The predicted octanol–water partition coefficient (Wildman–Crippen LogP) is 3.43. The van der Waals surface area contributed by atoms with Crippen molar-refractivity contribution in [1.82, 2.24) is 0 Å². The topological polar surface area (TPSA) is 9.23 Å². The Morgan fingerprint density at radius 3 is 2.67 bits per heavy atom. The molecule has 1 nitrogen and oxygen atoms in total. The standard InChI is InChI=1S/C11H18O/c1-3-5-6-7-8-9-10-11-12-4-2/h8,11H,3-7H2,1-2H3. The van der Waals surface area contributed by atoms with Gasteiger partial charge in [-0.3, -0.25) is 0 Å². The zero-order chi connectivity index (χ0) is 9.07. The van der Waals surface area contributed by atoms with Crippen LogP contribution in [0.5, 0.6) is 0 Å². The van der Waals surface area contributed by atoms with Gasteiger partial charge in [0, 0.05) is 0 Å². The van der Waals surface area contributed by atoms with E-state index in [0.717, 1.165) is 6.42 Å². The molecule has 0 heterocycles. The smallest absolute Gasteiger partial charge is 0.133 e. The molecule has 0 atom stereocenters. The van der Waals surface area contributed by atoms with Gasteiger partial charge in [-0.1, -0.05) is 25.5 Å². The van der Waals surface area contributed by atoms with Gasteiger partial charge < -0.3 is 4.74 Å². The van der Waals surface area contributed by atoms with Gasteiger partial charge in [0.1, 0.15) is 6.26 Å². The Morgan fingerprint density at radius 2 is 2.00 bits per heavy atom. The number of ether oxygens (including phenoxy) is 1. The highest BCUT2D eigenvalue weighted by Gasteiger charge is 1.78. The van der Waals surface area contributed by atoms with Crippen LogP contribution in [0.1, 0.15) is 39.5 Å². The molecule has 0 fully saturated rings. The Hall–Kier alpha value is -0.900. The maximum Gasteiger partial charge on any atom is 0.133 e. The third kappa shape index (κ3) is 9.10. The van der Waals surface area contributed by atoms with Crippen LogP contribution in [0.4, 0.5) is 0 Å². The molecule has 0 unspecified atom stereocenters. The summed E-state index contributed by atoms with van der Waals surface area (Å²) in [5, 5.41) is 0. The van der Waals surface area contributed by atoms with Crippen molar-refractivity contribution in [3.8, 4) is 0 Å². The SMILES string of the molecule is CCCCCC=C=C=COCC. The van der Waals surface area contributed by atoms with Crippen LogP contribution >= 0.6 is 0 Å². The molecule has 12 heavy (non-hydrogen) atoms. The van der Waals surface area contributed by atoms with E-state index >= 15 is 0 Å². The van der Waals surface area contributed by atoms with E-state index in [-0.39, 0.29) is 0 Å². The molecule has 0 aromatic rings. The fourth-order valence-electron chi connectivity index (χ4n) is 0.787. The lowest BCUT2D eigenvalue weighted by Crippen LogP contribution is -1.73. The lowest BCUT2D eigenvalue weighted by molar-refractivity contribution is 0.270. The van der Waals surface area contributed by atoms with E-state index in [1.54, 1.807) is 6.26 Å². The molecule has 0 spiro atoms. The molecule has 0 aromatic carbocycles. The zero-order valence-corrected chi connectivity index (χ0v) is 8.10. The second-order valence-corrected chi connectivity index (χ2v) is 2.56. The minimum Gasteiger partial charge on any atom is -0.493 e. The van der Waals surface area contributed by atoms with Crippen LogP contribution in [0.25, 0.3) is 0 Å². The van der Waals surface area contributed by atoms with Crippen LogP contribution in [0.15, 0.2) is 23.8 Å². The average Bonchev–Trinajstić information content (AvgIpc) is 2.10. The van der Waals surface area contributed by atoms with Crippen LogP contribution in [-0.4, -0.2) is 6.61 Å². The summed E-state index contributed by atoms with van der Waals surface area (Å²) in [6, 6.07) is 0. The average molecular weight is 166 g/mol. The van der Waals surface area contributed by atoms with Crippen LogP contribution in [0.3, 0.4) is 0 Å². The van der Waals surface area contributed by atoms with E-state index < -0.39 is 0 Å². The first-order valence-electron chi connectivity index (χ1n) is 4.67. The first-order chi connectivity index (χ1) is 5.91. The molecule has 0 radical (unpaired) electrons. The Bertz CT molecular complexity index is 169. The van der Waals surface area contributed by atoms with Gasteiger partial charge in [0.05, 0.1) is 6.61 Å². The van der Waals surface area contributed by atoms with Crippen LogP contribution in [-0.2, 0) is 4.74 Å². The summed E-state index contributed by atoms with van der Waals surface area (Å²) in [7, 11) is 0. The van der Waals surface area contributed by atoms with Gasteiger partial charge >= 0.3 is 0 Å². The van der Waals surface area contributed by atoms with E-state index in [9.17, 15) is 0 Å². The molecule has 0 N–H and O–H groups in total. The predicted molar refractivity (Wildman–Crippen MR) is 51.9 cm³/mol. The maximum absolute atomic E-state index is 4.94. The van der Waals surface area contributed by atoms with Crippen molar-refractivity contribution in [2.45, 2.75) is 39.5 Å². The fraction of sp³-hybridized carbons (Fsp3) is 0.636. The van der Waals surface area contributed by atoms with Gasteiger partial charge in [-0.25, -0.2) is 0 Å². The number of rotatable bonds is 6. The van der Waals surface area contributed by atoms with Crippen molar-refractivity contribution in [3.05, 3.63) is 23.8 Å². The molecular weight excluding hydrogens is 148 g/mol. The van der Waals surface area contributed by atoms with Gasteiger partial charge in [0.15, 0.2) is 0 Å². The minimum atomic E-state index is 0.699. The Labute approximate surface area is 75.4 Å². The Kier molecular flexibility index (Phi) is 9.34. The molecule has 0 amide bonds. The number of hydrogen-bond donors (Lipinski definition) is 0. The maximum atomic E-state index is 4.94. The Morgan fingerprint density at radius 1 is 1.17 bits per heavy atom. The molecule has 1 heteroatoms. The van der Waals surface area contributed by atoms with Gasteiger partial charge in [-0.2, -0.15) is 0 Å². The number of allylic oxidation sites excluding steroid dienone is 1. The van der Waals surface area contributed by atoms with Crippen LogP contribution < -0.4 is 0 Å². The first kappa shape index (κ1) is 11.1. The lowest BCUT2D eigenvalue weighted by Gasteiger charge is -1.88. The van der Waals surface area contributed by atoms with Crippen LogP contribution in [0.2, 0.25) is 0 Å². The fourth-order valence-corrected chi connectivity index (χ4v) is 0.787. The third-order valence-electron chi connectivity index (χ3n) is 1.45. The number of unbranched alkanes of at least 4 members (excludes halogenated alkanes) is 3. The normalized spacial score (nSPS) is 8.17.